The van der Waals surface area contributed by atoms with Crippen LogP contribution in [-0.2, 0) is 11.2 Å². The summed E-state index contributed by atoms with van der Waals surface area (Å²) in [5.74, 6) is -0.172. The molecule has 2 aromatic heterocycles. The van der Waals surface area contributed by atoms with E-state index in [4.69, 9.17) is 0 Å². The van der Waals surface area contributed by atoms with E-state index in [9.17, 15) is 14.9 Å². The Labute approximate surface area is 135 Å². The number of thiazole rings is 1. The zero-order valence-electron chi connectivity index (χ0n) is 12.3. The summed E-state index contributed by atoms with van der Waals surface area (Å²) in [6.45, 7) is 1.79. The largest absolute Gasteiger partial charge is 0.349 e. The van der Waals surface area contributed by atoms with E-state index >= 15 is 0 Å². The average molecular weight is 330 g/mol. The highest BCUT2D eigenvalue weighted by Gasteiger charge is 2.14. The molecule has 0 radical (unpaired) electrons. The zero-order chi connectivity index (χ0) is 16.4. The predicted molar refractivity (Wildman–Crippen MR) is 86.4 cm³/mol. The summed E-state index contributed by atoms with van der Waals surface area (Å²) in [5, 5.41) is 15.6. The lowest BCUT2D eigenvalue weighted by molar-refractivity contribution is -0.384. The van der Waals surface area contributed by atoms with Crippen LogP contribution < -0.4 is 5.32 Å². The normalized spacial score (nSPS) is 12.2. The molecule has 8 heteroatoms. The van der Waals surface area contributed by atoms with Crippen molar-refractivity contribution in [2.24, 2.45) is 0 Å². The summed E-state index contributed by atoms with van der Waals surface area (Å²) in [7, 11) is 0. The van der Waals surface area contributed by atoms with Gasteiger partial charge in [-0.3, -0.25) is 19.3 Å². The SMILES string of the molecule is C[C@@H](NC(=O)Cc1cn2ccsc2n1)c1cccc([N+](=O)[O-])c1. The van der Waals surface area contributed by atoms with E-state index in [0.717, 1.165) is 4.96 Å². The van der Waals surface area contributed by atoms with Gasteiger partial charge in [0.1, 0.15) is 0 Å². The quantitative estimate of drug-likeness (QED) is 0.575. The van der Waals surface area contributed by atoms with Gasteiger partial charge >= 0.3 is 0 Å². The molecular formula is C15H14N4O3S. The summed E-state index contributed by atoms with van der Waals surface area (Å²) in [4.78, 5) is 27.7. The van der Waals surface area contributed by atoms with Crippen LogP contribution in [-0.4, -0.2) is 20.2 Å². The number of hydrogen-bond acceptors (Lipinski definition) is 5. The number of carbonyl (C=O) groups is 1. The third-order valence-electron chi connectivity index (χ3n) is 3.44. The molecule has 3 aromatic rings. The van der Waals surface area contributed by atoms with Crippen molar-refractivity contribution < 1.29 is 9.72 Å². The molecule has 0 aliphatic rings. The fourth-order valence-corrected chi connectivity index (χ4v) is 3.03. The molecular weight excluding hydrogens is 316 g/mol. The third kappa shape index (κ3) is 3.37. The topological polar surface area (TPSA) is 89.5 Å². The second-order valence-electron chi connectivity index (χ2n) is 5.14. The molecule has 0 bridgehead atoms. The smallest absolute Gasteiger partial charge is 0.269 e. The number of amides is 1. The molecule has 0 unspecified atom stereocenters. The van der Waals surface area contributed by atoms with E-state index in [0.29, 0.717) is 11.3 Å². The monoisotopic (exact) mass is 330 g/mol. The number of hydrogen-bond donors (Lipinski definition) is 1. The minimum absolute atomic E-state index is 0.0120. The Bertz CT molecular complexity index is 842. The molecule has 2 heterocycles. The molecule has 118 valence electrons. The van der Waals surface area contributed by atoms with Crippen LogP contribution >= 0.6 is 11.3 Å². The first-order valence-corrected chi connectivity index (χ1v) is 7.85. The van der Waals surface area contributed by atoms with Crippen LogP contribution in [0.1, 0.15) is 24.2 Å². The molecule has 0 saturated heterocycles. The van der Waals surface area contributed by atoms with Crippen molar-refractivity contribution in [2.45, 2.75) is 19.4 Å². The Morgan fingerprint density at radius 3 is 3.09 bits per heavy atom. The number of benzene rings is 1. The van der Waals surface area contributed by atoms with Gasteiger partial charge in [0.2, 0.25) is 5.91 Å². The van der Waals surface area contributed by atoms with Crippen LogP contribution in [0, 0.1) is 10.1 Å². The van der Waals surface area contributed by atoms with Crippen LogP contribution in [0.2, 0.25) is 0 Å². The Morgan fingerprint density at radius 1 is 1.52 bits per heavy atom. The predicted octanol–water partition coefficient (Wildman–Crippen LogP) is 2.72. The second-order valence-corrected chi connectivity index (χ2v) is 6.02. The molecule has 3 rings (SSSR count). The number of non-ortho nitro benzene ring substituents is 1. The molecule has 23 heavy (non-hydrogen) atoms. The fourth-order valence-electron chi connectivity index (χ4n) is 2.31. The summed E-state index contributed by atoms with van der Waals surface area (Å²) in [5.41, 5.74) is 1.40. The van der Waals surface area contributed by atoms with Crippen LogP contribution in [0.3, 0.4) is 0 Å². The first-order valence-electron chi connectivity index (χ1n) is 6.98. The first kappa shape index (κ1) is 15.2. The number of nitrogens with zero attached hydrogens (tertiary/aromatic N) is 3. The molecule has 0 spiro atoms. The Morgan fingerprint density at radius 2 is 2.35 bits per heavy atom. The molecule has 0 aliphatic carbocycles. The number of carbonyl (C=O) groups excluding carboxylic acids is 1. The number of nitrogens with one attached hydrogen (secondary N) is 1. The van der Waals surface area contributed by atoms with Gasteiger partial charge < -0.3 is 5.32 Å². The lowest BCUT2D eigenvalue weighted by Crippen LogP contribution is -2.28. The lowest BCUT2D eigenvalue weighted by atomic mass is 10.1. The van der Waals surface area contributed by atoms with Gasteiger partial charge in [0.25, 0.3) is 5.69 Å². The number of nitro groups is 1. The van der Waals surface area contributed by atoms with Gasteiger partial charge in [-0.05, 0) is 12.5 Å². The van der Waals surface area contributed by atoms with Gasteiger partial charge in [0, 0.05) is 29.9 Å². The van der Waals surface area contributed by atoms with Gasteiger partial charge in [0.15, 0.2) is 4.96 Å². The molecule has 1 atom stereocenters. The van der Waals surface area contributed by atoms with E-state index in [-0.39, 0.29) is 24.1 Å². The number of fused-ring (bicyclic) bond motifs is 1. The Hall–Kier alpha value is -2.74. The van der Waals surface area contributed by atoms with E-state index in [2.05, 4.69) is 10.3 Å². The molecule has 0 saturated carbocycles. The van der Waals surface area contributed by atoms with Crippen LogP contribution in [0.4, 0.5) is 5.69 Å². The highest BCUT2D eigenvalue weighted by Crippen LogP contribution is 2.19. The summed E-state index contributed by atoms with van der Waals surface area (Å²) in [6, 6.07) is 5.95. The van der Waals surface area contributed by atoms with Gasteiger partial charge in [-0.15, -0.1) is 11.3 Å². The maximum atomic E-state index is 12.1. The van der Waals surface area contributed by atoms with Crippen molar-refractivity contribution >= 4 is 27.9 Å². The van der Waals surface area contributed by atoms with Gasteiger partial charge in [0.05, 0.1) is 23.1 Å². The van der Waals surface area contributed by atoms with Gasteiger partial charge in [-0.1, -0.05) is 12.1 Å². The molecule has 0 aliphatic heterocycles. The van der Waals surface area contributed by atoms with Crippen molar-refractivity contribution in [1.29, 1.82) is 0 Å². The van der Waals surface area contributed by atoms with Crippen molar-refractivity contribution in [2.75, 3.05) is 0 Å². The van der Waals surface area contributed by atoms with Crippen LogP contribution in [0.25, 0.3) is 4.96 Å². The standard InChI is InChI=1S/C15H14N4O3S/c1-10(11-3-2-4-13(7-11)19(21)22)16-14(20)8-12-9-18-5-6-23-15(18)17-12/h2-7,9-10H,8H2,1H3,(H,16,20)/t10-/m1/s1. The molecule has 1 amide bonds. The Balaban J connectivity index is 1.66. The van der Waals surface area contributed by atoms with Crippen LogP contribution in [0.5, 0.6) is 0 Å². The number of aromatic nitrogens is 2. The summed E-state index contributed by atoms with van der Waals surface area (Å²) < 4.78 is 1.87. The van der Waals surface area contributed by atoms with E-state index in [1.165, 1.54) is 23.5 Å². The van der Waals surface area contributed by atoms with Gasteiger partial charge in [-0.2, -0.15) is 0 Å². The van der Waals surface area contributed by atoms with Gasteiger partial charge in [-0.25, -0.2) is 4.98 Å². The molecule has 1 aromatic carbocycles. The lowest BCUT2D eigenvalue weighted by Gasteiger charge is -2.13. The summed E-state index contributed by atoms with van der Waals surface area (Å²) in [6.07, 6.45) is 3.89. The van der Waals surface area contributed by atoms with Crippen molar-refractivity contribution in [3.63, 3.8) is 0 Å². The number of imidazole rings is 1. The highest BCUT2D eigenvalue weighted by atomic mass is 32.1. The van der Waals surface area contributed by atoms with Crippen molar-refractivity contribution in [1.82, 2.24) is 14.7 Å². The maximum Gasteiger partial charge on any atom is 0.269 e. The van der Waals surface area contributed by atoms with E-state index < -0.39 is 4.92 Å². The third-order valence-corrected chi connectivity index (χ3v) is 4.21. The highest BCUT2D eigenvalue weighted by molar-refractivity contribution is 7.15. The fraction of sp³-hybridized carbons (Fsp3) is 0.200. The van der Waals surface area contributed by atoms with Crippen molar-refractivity contribution in [3.05, 3.63) is 63.4 Å². The maximum absolute atomic E-state index is 12.1. The minimum atomic E-state index is -0.449. The number of rotatable bonds is 5. The van der Waals surface area contributed by atoms with E-state index in [1.54, 1.807) is 19.1 Å². The molecule has 7 nitrogen and oxygen atoms in total. The van der Waals surface area contributed by atoms with E-state index in [1.807, 2.05) is 22.2 Å². The van der Waals surface area contributed by atoms with Crippen LogP contribution in [0.15, 0.2) is 42.0 Å². The summed E-state index contributed by atoms with van der Waals surface area (Å²) >= 11 is 1.51. The average Bonchev–Trinajstić information content (AvgIpc) is 3.08. The Kier molecular flexibility index (Phi) is 4.07. The molecule has 1 N–H and O–H groups in total. The number of nitro benzene ring substituents is 1. The first-order chi connectivity index (χ1) is 11.0. The minimum Gasteiger partial charge on any atom is -0.349 e. The second kappa shape index (κ2) is 6.17. The molecule has 0 fully saturated rings. The zero-order valence-corrected chi connectivity index (χ0v) is 13.1. The van der Waals surface area contributed by atoms with Crippen molar-refractivity contribution in [3.8, 4) is 0 Å².